The molecule has 37 heavy (non-hydrogen) atoms. The van der Waals surface area contributed by atoms with Crippen molar-refractivity contribution in [1.82, 2.24) is 0 Å². The van der Waals surface area contributed by atoms with Gasteiger partial charge in [-0.2, -0.15) is 0 Å². The highest BCUT2D eigenvalue weighted by atomic mass is 32.1. The highest BCUT2D eigenvalue weighted by Gasteiger charge is 2.43. The summed E-state index contributed by atoms with van der Waals surface area (Å²) in [7, 11) is 0. The van der Waals surface area contributed by atoms with E-state index in [1.54, 1.807) is 6.92 Å². The molecule has 0 saturated carbocycles. The summed E-state index contributed by atoms with van der Waals surface area (Å²) >= 11 is 1.20. The fourth-order valence-electron chi connectivity index (χ4n) is 3.84. The number of carbonyl (C=O) groups is 6. The first-order valence-electron chi connectivity index (χ1n) is 11.7. The Balaban J connectivity index is 2.49. The Hall–Kier alpha value is -3.48. The molecule has 0 unspecified atom stereocenters. The zero-order valence-electron chi connectivity index (χ0n) is 21.4. The fourth-order valence-corrected chi connectivity index (χ4v) is 5.12. The molecular weight excluding hydrogens is 510 g/mol. The van der Waals surface area contributed by atoms with Gasteiger partial charge in [0.2, 0.25) is 6.10 Å². The molecule has 0 spiro atoms. The summed E-state index contributed by atoms with van der Waals surface area (Å²) in [5.74, 6) is -4.89. The van der Waals surface area contributed by atoms with Crippen LogP contribution in [-0.2, 0) is 60.5 Å². The molecule has 0 fully saturated rings. The molecule has 0 saturated heterocycles. The minimum absolute atomic E-state index is 0.127. The molecule has 3 atom stereocenters. The van der Waals surface area contributed by atoms with Crippen LogP contribution in [0.25, 0.3) is 0 Å². The third-order valence-corrected chi connectivity index (χ3v) is 6.38. The molecule has 1 heterocycles. The van der Waals surface area contributed by atoms with E-state index < -0.39 is 60.7 Å². The number of carbonyl (C=O) groups excluding carboxylic acids is 6. The van der Waals surface area contributed by atoms with Gasteiger partial charge in [0, 0.05) is 32.6 Å². The Bertz CT molecular complexity index is 1050. The average molecular weight is 542 g/mol. The molecule has 1 aromatic heterocycles. The van der Waals surface area contributed by atoms with Crippen LogP contribution in [0.4, 0.5) is 5.00 Å². The van der Waals surface area contributed by atoms with Crippen molar-refractivity contribution in [3.05, 3.63) is 16.0 Å². The number of nitrogens with one attached hydrogen (secondary N) is 1. The molecular formula is C24H31NO11S. The van der Waals surface area contributed by atoms with Gasteiger partial charge in [0.05, 0.1) is 12.2 Å². The molecule has 2 rings (SSSR count). The van der Waals surface area contributed by atoms with Crippen LogP contribution in [0.5, 0.6) is 0 Å². The Morgan fingerprint density at radius 3 is 2.03 bits per heavy atom. The van der Waals surface area contributed by atoms with Crippen molar-refractivity contribution in [2.45, 2.75) is 78.6 Å². The smallest absolute Gasteiger partial charge is 0.341 e. The second-order valence-electron chi connectivity index (χ2n) is 8.18. The highest BCUT2D eigenvalue weighted by Crippen LogP contribution is 2.39. The van der Waals surface area contributed by atoms with Gasteiger partial charge < -0.3 is 29.0 Å². The van der Waals surface area contributed by atoms with Gasteiger partial charge in [0.1, 0.15) is 11.6 Å². The van der Waals surface area contributed by atoms with Crippen LogP contribution in [-0.4, -0.2) is 67.3 Å². The molecule has 0 aromatic carbocycles. The minimum atomic E-state index is -1.82. The van der Waals surface area contributed by atoms with E-state index in [0.717, 1.165) is 57.4 Å². The van der Waals surface area contributed by atoms with Crippen molar-refractivity contribution in [2.24, 2.45) is 0 Å². The Labute approximate surface area is 217 Å². The molecule has 1 N–H and O–H groups in total. The maximum absolute atomic E-state index is 13.5. The van der Waals surface area contributed by atoms with Crippen LogP contribution >= 0.6 is 11.3 Å². The second-order valence-corrected chi connectivity index (χ2v) is 9.28. The molecule has 0 aliphatic heterocycles. The quantitative estimate of drug-likeness (QED) is 0.323. The lowest BCUT2D eigenvalue weighted by Gasteiger charge is -2.30. The van der Waals surface area contributed by atoms with Crippen molar-refractivity contribution in [3.63, 3.8) is 0 Å². The third kappa shape index (κ3) is 8.55. The van der Waals surface area contributed by atoms with E-state index >= 15 is 0 Å². The summed E-state index contributed by atoms with van der Waals surface area (Å²) in [4.78, 5) is 74.1. The number of aryl methyl sites for hydroxylation is 1. The first-order valence-corrected chi connectivity index (χ1v) is 12.5. The van der Waals surface area contributed by atoms with Crippen LogP contribution < -0.4 is 5.32 Å². The molecule has 204 valence electrons. The van der Waals surface area contributed by atoms with Crippen LogP contribution in [0.3, 0.4) is 0 Å². The molecule has 1 aliphatic rings. The lowest BCUT2D eigenvalue weighted by Crippen LogP contribution is -2.52. The van der Waals surface area contributed by atoms with Gasteiger partial charge in [0.25, 0.3) is 5.91 Å². The third-order valence-electron chi connectivity index (χ3n) is 5.17. The predicted octanol–water partition coefficient (Wildman–Crippen LogP) is 2.10. The number of amides is 1. The van der Waals surface area contributed by atoms with Crippen molar-refractivity contribution in [1.29, 1.82) is 0 Å². The van der Waals surface area contributed by atoms with E-state index in [1.165, 1.54) is 11.3 Å². The Morgan fingerprint density at radius 2 is 1.46 bits per heavy atom. The van der Waals surface area contributed by atoms with Gasteiger partial charge in [0.15, 0.2) is 12.2 Å². The number of ether oxygens (including phenoxy) is 5. The standard InChI is InChI=1S/C24H31NO11S/c1-6-32-24(31)19-16-9-7-8-10-18(16)37-23(19)25-22(30)21(36-15(5)29)20(35-14(4)28)17(34-13(3)27)11-33-12(2)26/h17,20-21H,6-11H2,1-5H3,(H,25,30)/t17-,20+,21+/m1/s1. The number of hydrogen-bond acceptors (Lipinski definition) is 12. The molecule has 1 aliphatic carbocycles. The predicted molar refractivity (Wildman–Crippen MR) is 129 cm³/mol. The SMILES string of the molecule is CCOC(=O)c1c(NC(=O)[C@@H](OC(C)=O)[C@@H](OC(C)=O)[C@@H](COC(C)=O)OC(C)=O)sc2c1CCCC2. The van der Waals surface area contributed by atoms with E-state index in [2.05, 4.69) is 5.32 Å². The van der Waals surface area contributed by atoms with E-state index in [1.807, 2.05) is 0 Å². The van der Waals surface area contributed by atoms with Gasteiger partial charge in [-0.25, -0.2) is 4.79 Å². The number of rotatable bonds is 11. The van der Waals surface area contributed by atoms with Crippen LogP contribution in [0.2, 0.25) is 0 Å². The second kappa shape index (κ2) is 13.7. The summed E-state index contributed by atoms with van der Waals surface area (Å²) in [6.45, 7) is 5.45. The molecule has 0 radical (unpaired) electrons. The van der Waals surface area contributed by atoms with E-state index in [9.17, 15) is 28.8 Å². The number of hydrogen-bond donors (Lipinski definition) is 1. The lowest BCUT2D eigenvalue weighted by atomic mass is 9.95. The van der Waals surface area contributed by atoms with Gasteiger partial charge in [-0.15, -0.1) is 11.3 Å². The number of anilines is 1. The van der Waals surface area contributed by atoms with E-state index in [0.29, 0.717) is 6.42 Å². The number of fused-ring (bicyclic) bond motifs is 1. The monoisotopic (exact) mass is 541 g/mol. The molecule has 12 nitrogen and oxygen atoms in total. The van der Waals surface area contributed by atoms with Crippen LogP contribution in [0, 0.1) is 0 Å². The molecule has 0 bridgehead atoms. The molecule has 13 heteroatoms. The topological polar surface area (TPSA) is 161 Å². The summed E-state index contributed by atoms with van der Waals surface area (Å²) in [6.07, 6.45) is -1.83. The first-order chi connectivity index (χ1) is 17.4. The lowest BCUT2D eigenvalue weighted by molar-refractivity contribution is -0.190. The maximum Gasteiger partial charge on any atom is 0.341 e. The van der Waals surface area contributed by atoms with E-state index in [-0.39, 0.29) is 17.2 Å². The summed E-state index contributed by atoms with van der Waals surface area (Å²) in [6, 6.07) is 0. The molecule has 1 amide bonds. The van der Waals surface area contributed by atoms with Gasteiger partial charge >= 0.3 is 29.8 Å². The summed E-state index contributed by atoms with van der Waals surface area (Å²) in [5, 5.41) is 2.79. The van der Waals surface area contributed by atoms with Crippen molar-refractivity contribution >= 4 is 52.1 Å². The average Bonchev–Trinajstić information content (AvgIpc) is 3.16. The van der Waals surface area contributed by atoms with Crippen LogP contribution in [0.15, 0.2) is 0 Å². The van der Waals surface area contributed by atoms with Crippen LogP contribution in [0.1, 0.15) is 68.3 Å². The highest BCUT2D eigenvalue weighted by molar-refractivity contribution is 7.17. The fraction of sp³-hybridized carbons (Fsp3) is 0.583. The van der Waals surface area contributed by atoms with Crippen molar-refractivity contribution in [2.75, 3.05) is 18.5 Å². The zero-order valence-corrected chi connectivity index (χ0v) is 22.2. The normalized spacial score (nSPS) is 14.7. The first kappa shape index (κ1) is 29.7. The maximum atomic E-state index is 13.5. The van der Waals surface area contributed by atoms with Crippen molar-refractivity contribution in [3.8, 4) is 0 Å². The van der Waals surface area contributed by atoms with Gasteiger partial charge in [-0.05, 0) is 38.2 Å². The minimum Gasteiger partial charge on any atom is -0.462 e. The Kier molecular flexibility index (Phi) is 11.0. The van der Waals surface area contributed by atoms with Crippen molar-refractivity contribution < 1.29 is 52.5 Å². The van der Waals surface area contributed by atoms with E-state index in [4.69, 9.17) is 23.7 Å². The van der Waals surface area contributed by atoms with Gasteiger partial charge in [-0.1, -0.05) is 0 Å². The molecule has 1 aromatic rings. The Morgan fingerprint density at radius 1 is 0.838 bits per heavy atom. The number of thiophene rings is 1. The zero-order chi connectivity index (χ0) is 27.7. The summed E-state index contributed by atoms with van der Waals surface area (Å²) in [5.41, 5.74) is 1.01. The van der Waals surface area contributed by atoms with Gasteiger partial charge in [-0.3, -0.25) is 24.0 Å². The number of esters is 5. The largest absolute Gasteiger partial charge is 0.462 e. The summed E-state index contributed by atoms with van der Waals surface area (Å²) < 4.78 is 25.7.